The zero-order valence-electron chi connectivity index (χ0n) is 9.14. The van der Waals surface area contributed by atoms with E-state index in [1.54, 1.807) is 0 Å². The third-order valence-corrected chi connectivity index (χ3v) is 5.74. The first-order valence-corrected chi connectivity index (χ1v) is 7.24. The SMILES string of the molecule is CCO[Si](OCC)C1(Cl)CCCCC1. The predicted octanol–water partition coefficient (Wildman–Crippen LogP) is 3.03. The van der Waals surface area contributed by atoms with Crippen molar-refractivity contribution in [3.8, 4) is 0 Å². The average Bonchev–Trinajstić information content (AvgIpc) is 2.19. The van der Waals surface area contributed by atoms with Crippen LogP contribution in [0.25, 0.3) is 0 Å². The lowest BCUT2D eigenvalue weighted by Crippen LogP contribution is -2.47. The third kappa shape index (κ3) is 3.23. The first-order valence-electron chi connectivity index (χ1n) is 5.55. The van der Waals surface area contributed by atoms with Gasteiger partial charge < -0.3 is 8.85 Å². The molecule has 1 fully saturated rings. The standard InChI is InChI=1S/C10H20ClO2Si/c1-3-12-14(13-4-2)10(11)8-6-5-7-9-10/h3-9H2,1-2H3. The maximum atomic E-state index is 6.59. The Hall–Kier alpha value is 0.427. The van der Waals surface area contributed by atoms with Crippen LogP contribution < -0.4 is 0 Å². The Morgan fingerprint density at radius 2 is 1.57 bits per heavy atom. The maximum Gasteiger partial charge on any atom is 0.407 e. The van der Waals surface area contributed by atoms with Gasteiger partial charge in [0.25, 0.3) is 0 Å². The summed E-state index contributed by atoms with van der Waals surface area (Å²) in [4.78, 5) is 0. The van der Waals surface area contributed by atoms with Gasteiger partial charge in [0.05, 0.1) is 4.50 Å². The van der Waals surface area contributed by atoms with Crippen LogP contribution in [0.2, 0.25) is 0 Å². The molecular weight excluding hydrogens is 216 g/mol. The summed E-state index contributed by atoms with van der Waals surface area (Å²) in [6.45, 7) is 5.44. The highest BCUT2D eigenvalue weighted by Crippen LogP contribution is 2.36. The lowest BCUT2D eigenvalue weighted by atomic mass is 10.00. The second-order valence-corrected chi connectivity index (χ2v) is 6.83. The topological polar surface area (TPSA) is 18.5 Å². The van der Waals surface area contributed by atoms with Crippen LogP contribution in [-0.4, -0.2) is 27.0 Å². The molecule has 0 heterocycles. The fraction of sp³-hybridized carbons (Fsp3) is 1.00. The number of hydrogen-bond acceptors (Lipinski definition) is 2. The predicted molar refractivity (Wildman–Crippen MR) is 60.7 cm³/mol. The smallest absolute Gasteiger partial charge is 0.393 e. The lowest BCUT2D eigenvalue weighted by molar-refractivity contribution is 0.190. The molecule has 0 aromatic carbocycles. The normalized spacial score (nSPS) is 21.4. The molecule has 1 rings (SSSR count). The molecule has 0 atom stereocenters. The van der Waals surface area contributed by atoms with Crippen molar-refractivity contribution >= 4 is 20.9 Å². The van der Waals surface area contributed by atoms with Crippen LogP contribution in [0.15, 0.2) is 0 Å². The highest BCUT2D eigenvalue weighted by Gasteiger charge is 2.43. The highest BCUT2D eigenvalue weighted by molar-refractivity contribution is 6.62. The summed E-state index contributed by atoms with van der Waals surface area (Å²) in [5, 5.41) is 0. The Bertz CT molecular complexity index is 154. The molecule has 14 heavy (non-hydrogen) atoms. The molecular formula is C10H20ClO2Si. The van der Waals surface area contributed by atoms with E-state index in [0.29, 0.717) is 13.2 Å². The number of rotatable bonds is 5. The van der Waals surface area contributed by atoms with Crippen molar-refractivity contribution in [1.82, 2.24) is 0 Å². The third-order valence-electron chi connectivity index (χ3n) is 2.56. The Morgan fingerprint density at radius 3 is 2.00 bits per heavy atom. The molecule has 0 bridgehead atoms. The molecule has 83 valence electrons. The molecule has 1 aliphatic rings. The van der Waals surface area contributed by atoms with Crippen LogP contribution in [0, 0.1) is 0 Å². The van der Waals surface area contributed by atoms with Gasteiger partial charge in [0.1, 0.15) is 0 Å². The summed E-state index contributed by atoms with van der Waals surface area (Å²) in [5.41, 5.74) is 0. The van der Waals surface area contributed by atoms with Crippen LogP contribution in [0.5, 0.6) is 0 Å². The van der Waals surface area contributed by atoms with Crippen molar-refractivity contribution in [3.63, 3.8) is 0 Å². The minimum Gasteiger partial charge on any atom is -0.393 e. The number of hydrogen-bond donors (Lipinski definition) is 0. The molecule has 2 nitrogen and oxygen atoms in total. The second-order valence-electron chi connectivity index (χ2n) is 3.68. The van der Waals surface area contributed by atoms with Crippen LogP contribution in [0.3, 0.4) is 0 Å². The lowest BCUT2D eigenvalue weighted by Gasteiger charge is -2.34. The van der Waals surface area contributed by atoms with Crippen LogP contribution >= 0.6 is 11.6 Å². The molecule has 1 saturated carbocycles. The van der Waals surface area contributed by atoms with Crippen molar-refractivity contribution in [2.45, 2.75) is 50.4 Å². The highest BCUT2D eigenvalue weighted by atomic mass is 35.5. The summed E-state index contributed by atoms with van der Waals surface area (Å²) in [6, 6.07) is 0. The van der Waals surface area contributed by atoms with Gasteiger partial charge in [-0.05, 0) is 26.7 Å². The summed E-state index contributed by atoms with van der Waals surface area (Å²) >= 11 is 6.59. The quantitative estimate of drug-likeness (QED) is 0.539. The van der Waals surface area contributed by atoms with Gasteiger partial charge in [-0.3, -0.25) is 0 Å². The number of alkyl halides is 1. The monoisotopic (exact) mass is 235 g/mol. The van der Waals surface area contributed by atoms with E-state index in [1.165, 1.54) is 19.3 Å². The zero-order valence-corrected chi connectivity index (χ0v) is 10.9. The van der Waals surface area contributed by atoms with Crippen molar-refractivity contribution in [3.05, 3.63) is 0 Å². The van der Waals surface area contributed by atoms with Gasteiger partial charge in [-0.1, -0.05) is 19.3 Å². The molecule has 0 amide bonds. The Labute approximate surface area is 93.8 Å². The molecule has 0 aromatic rings. The Balaban J connectivity index is 2.53. The molecule has 4 heteroatoms. The largest absolute Gasteiger partial charge is 0.407 e. The van der Waals surface area contributed by atoms with Gasteiger partial charge in [-0.25, -0.2) is 0 Å². The molecule has 0 unspecified atom stereocenters. The van der Waals surface area contributed by atoms with Crippen LogP contribution in [0.4, 0.5) is 0 Å². The van der Waals surface area contributed by atoms with Crippen molar-refractivity contribution in [2.24, 2.45) is 0 Å². The van der Waals surface area contributed by atoms with Crippen LogP contribution in [-0.2, 0) is 8.85 Å². The van der Waals surface area contributed by atoms with E-state index in [-0.39, 0.29) is 4.50 Å². The van der Waals surface area contributed by atoms with Gasteiger partial charge in [-0.15, -0.1) is 11.6 Å². The fourth-order valence-electron chi connectivity index (χ4n) is 1.88. The van der Waals surface area contributed by atoms with Gasteiger partial charge in [0.15, 0.2) is 0 Å². The molecule has 0 spiro atoms. The van der Waals surface area contributed by atoms with E-state index in [1.807, 2.05) is 13.8 Å². The number of halogens is 1. The van der Waals surface area contributed by atoms with Gasteiger partial charge in [0.2, 0.25) is 0 Å². The van der Waals surface area contributed by atoms with Gasteiger partial charge >= 0.3 is 9.28 Å². The average molecular weight is 236 g/mol. The second kappa shape index (κ2) is 6.11. The Kier molecular flexibility index (Phi) is 5.45. The van der Waals surface area contributed by atoms with Gasteiger partial charge in [-0.2, -0.15) is 0 Å². The minimum absolute atomic E-state index is 0.172. The first kappa shape index (κ1) is 12.5. The maximum absolute atomic E-state index is 6.59. The summed E-state index contributed by atoms with van der Waals surface area (Å²) in [5.74, 6) is 0. The van der Waals surface area contributed by atoms with E-state index < -0.39 is 9.28 Å². The van der Waals surface area contributed by atoms with Crippen molar-refractivity contribution in [2.75, 3.05) is 13.2 Å². The summed E-state index contributed by atoms with van der Waals surface area (Å²) in [7, 11) is -1.28. The molecule has 1 radical (unpaired) electrons. The zero-order chi connectivity index (χ0) is 10.4. The molecule has 0 saturated heterocycles. The molecule has 1 aliphatic carbocycles. The van der Waals surface area contributed by atoms with Crippen LogP contribution in [0.1, 0.15) is 46.0 Å². The van der Waals surface area contributed by atoms with Crippen molar-refractivity contribution < 1.29 is 8.85 Å². The van der Waals surface area contributed by atoms with E-state index in [9.17, 15) is 0 Å². The van der Waals surface area contributed by atoms with E-state index in [0.717, 1.165) is 12.8 Å². The van der Waals surface area contributed by atoms with Gasteiger partial charge in [0, 0.05) is 13.2 Å². The Morgan fingerprint density at radius 1 is 1.07 bits per heavy atom. The molecule has 0 aliphatic heterocycles. The summed E-state index contributed by atoms with van der Waals surface area (Å²) in [6.07, 6.45) is 5.86. The first-order chi connectivity index (χ1) is 6.73. The summed E-state index contributed by atoms with van der Waals surface area (Å²) < 4.78 is 11.2. The molecule has 0 aromatic heterocycles. The minimum atomic E-state index is -1.28. The molecule has 0 N–H and O–H groups in total. The van der Waals surface area contributed by atoms with E-state index in [4.69, 9.17) is 20.5 Å². The fourth-order valence-corrected chi connectivity index (χ4v) is 4.36. The van der Waals surface area contributed by atoms with Crippen molar-refractivity contribution in [1.29, 1.82) is 0 Å². The van der Waals surface area contributed by atoms with E-state index in [2.05, 4.69) is 0 Å². The van der Waals surface area contributed by atoms with E-state index >= 15 is 0 Å².